The highest BCUT2D eigenvalue weighted by molar-refractivity contribution is 5.36. The van der Waals surface area contributed by atoms with Crippen molar-refractivity contribution < 1.29 is 17.6 Å². The van der Waals surface area contributed by atoms with Crippen molar-refractivity contribution in [2.75, 3.05) is 6.54 Å². The normalized spacial score (nSPS) is 17.1. The molecule has 0 fully saturated rings. The number of fused-ring (bicyclic) bond motifs is 1. The molecule has 0 spiro atoms. The quantitative estimate of drug-likeness (QED) is 0.804. The number of aryl methyl sites for hydroxylation is 2. The Morgan fingerprint density at radius 3 is 2.40 bits per heavy atom. The number of halogens is 4. The molecule has 1 aromatic carbocycles. The van der Waals surface area contributed by atoms with Crippen LogP contribution in [0.25, 0.3) is 0 Å². The highest BCUT2D eigenvalue weighted by Crippen LogP contribution is 2.37. The number of rotatable bonds is 5. The van der Waals surface area contributed by atoms with Gasteiger partial charge in [-0.1, -0.05) is 25.1 Å². The van der Waals surface area contributed by atoms with Crippen LogP contribution >= 0.6 is 0 Å². The van der Waals surface area contributed by atoms with Gasteiger partial charge in [0.25, 0.3) is 0 Å². The zero-order valence-corrected chi connectivity index (χ0v) is 11.4. The van der Waals surface area contributed by atoms with E-state index in [0.29, 0.717) is 0 Å². The standard InChI is InChI=1S/C15H19F4N/c1-2-20-13(15(18,19)14(16)17)12-8-7-10-5-3-4-6-11(10)9-12/h7-9,13-14,20H,2-6H2,1H3. The van der Waals surface area contributed by atoms with Crippen molar-refractivity contribution in [3.05, 3.63) is 34.9 Å². The van der Waals surface area contributed by atoms with E-state index in [1.54, 1.807) is 25.1 Å². The van der Waals surface area contributed by atoms with Crippen LogP contribution in [0.3, 0.4) is 0 Å². The lowest BCUT2D eigenvalue weighted by Gasteiger charge is -2.28. The summed E-state index contributed by atoms with van der Waals surface area (Å²) in [5, 5.41) is 2.50. The molecule has 0 saturated heterocycles. The minimum Gasteiger partial charge on any atom is -0.305 e. The Bertz CT molecular complexity index is 459. The van der Waals surface area contributed by atoms with Gasteiger partial charge in [0.2, 0.25) is 0 Å². The molecule has 1 aliphatic carbocycles. The first-order valence-corrected chi connectivity index (χ1v) is 6.97. The summed E-state index contributed by atoms with van der Waals surface area (Å²) in [6.07, 6.45) is 0.209. The average Bonchev–Trinajstić information content (AvgIpc) is 2.44. The predicted octanol–water partition coefficient (Wildman–Crippen LogP) is 4.12. The van der Waals surface area contributed by atoms with Crippen molar-refractivity contribution in [2.45, 2.75) is 51.0 Å². The molecule has 0 saturated carbocycles. The molecule has 2 rings (SSSR count). The highest BCUT2D eigenvalue weighted by Gasteiger charge is 2.49. The van der Waals surface area contributed by atoms with Crippen LogP contribution in [-0.4, -0.2) is 18.9 Å². The Balaban J connectivity index is 2.34. The first-order valence-electron chi connectivity index (χ1n) is 6.97. The molecule has 1 N–H and O–H groups in total. The molecule has 1 atom stereocenters. The van der Waals surface area contributed by atoms with Crippen molar-refractivity contribution >= 4 is 0 Å². The van der Waals surface area contributed by atoms with E-state index >= 15 is 0 Å². The zero-order chi connectivity index (χ0) is 14.8. The van der Waals surface area contributed by atoms with Gasteiger partial charge in [-0.3, -0.25) is 0 Å². The van der Waals surface area contributed by atoms with Crippen LogP contribution in [-0.2, 0) is 12.8 Å². The van der Waals surface area contributed by atoms with Crippen molar-refractivity contribution in [1.82, 2.24) is 5.32 Å². The molecule has 0 heterocycles. The molecular weight excluding hydrogens is 270 g/mol. The largest absolute Gasteiger partial charge is 0.326 e. The van der Waals surface area contributed by atoms with E-state index in [1.165, 1.54) is 0 Å². The van der Waals surface area contributed by atoms with Gasteiger partial charge in [0.1, 0.15) is 6.04 Å². The smallest absolute Gasteiger partial charge is 0.305 e. The maximum absolute atomic E-state index is 13.7. The number of benzene rings is 1. The molecule has 112 valence electrons. The van der Waals surface area contributed by atoms with Gasteiger partial charge in [0.15, 0.2) is 0 Å². The van der Waals surface area contributed by atoms with Gasteiger partial charge in [-0.05, 0) is 48.9 Å². The van der Waals surface area contributed by atoms with Crippen LogP contribution in [0.5, 0.6) is 0 Å². The lowest BCUT2D eigenvalue weighted by molar-refractivity contribution is -0.151. The van der Waals surface area contributed by atoms with E-state index in [-0.39, 0.29) is 12.1 Å². The van der Waals surface area contributed by atoms with E-state index in [4.69, 9.17) is 0 Å². The minimum atomic E-state index is -4.07. The Morgan fingerprint density at radius 1 is 1.15 bits per heavy atom. The number of alkyl halides is 4. The lowest BCUT2D eigenvalue weighted by Crippen LogP contribution is -2.42. The SMILES string of the molecule is CCNC(c1ccc2c(c1)CCCC2)C(F)(F)C(F)F. The van der Waals surface area contributed by atoms with Crippen LogP contribution in [0.4, 0.5) is 17.6 Å². The second-order valence-electron chi connectivity index (χ2n) is 5.20. The number of hydrogen-bond acceptors (Lipinski definition) is 1. The molecule has 20 heavy (non-hydrogen) atoms. The summed E-state index contributed by atoms with van der Waals surface area (Å²) in [6.45, 7) is 1.84. The minimum absolute atomic E-state index is 0.212. The maximum atomic E-state index is 13.7. The maximum Gasteiger partial charge on any atom is 0.326 e. The molecule has 0 aromatic heterocycles. The van der Waals surface area contributed by atoms with Crippen LogP contribution in [0.1, 0.15) is 42.5 Å². The van der Waals surface area contributed by atoms with Gasteiger partial charge in [-0.25, -0.2) is 8.78 Å². The fourth-order valence-electron chi connectivity index (χ4n) is 2.74. The van der Waals surface area contributed by atoms with Crippen LogP contribution < -0.4 is 5.32 Å². The lowest BCUT2D eigenvalue weighted by atomic mass is 9.88. The van der Waals surface area contributed by atoms with E-state index in [1.807, 2.05) is 0 Å². The zero-order valence-electron chi connectivity index (χ0n) is 11.4. The van der Waals surface area contributed by atoms with Gasteiger partial charge in [0, 0.05) is 0 Å². The summed E-state index contributed by atoms with van der Waals surface area (Å²) < 4.78 is 52.6. The topological polar surface area (TPSA) is 12.0 Å². The second-order valence-corrected chi connectivity index (χ2v) is 5.20. The van der Waals surface area contributed by atoms with E-state index in [0.717, 1.165) is 36.8 Å². The van der Waals surface area contributed by atoms with Crippen LogP contribution in [0.15, 0.2) is 18.2 Å². The molecule has 1 nitrogen and oxygen atoms in total. The average molecular weight is 289 g/mol. The Kier molecular flexibility index (Phi) is 4.68. The third kappa shape index (κ3) is 2.97. The molecule has 0 radical (unpaired) electrons. The van der Waals surface area contributed by atoms with Crippen molar-refractivity contribution in [1.29, 1.82) is 0 Å². The van der Waals surface area contributed by atoms with Gasteiger partial charge < -0.3 is 5.32 Å². The van der Waals surface area contributed by atoms with Gasteiger partial charge >= 0.3 is 12.3 Å². The second kappa shape index (κ2) is 6.12. The molecule has 0 amide bonds. The van der Waals surface area contributed by atoms with E-state index in [9.17, 15) is 17.6 Å². The van der Waals surface area contributed by atoms with Crippen molar-refractivity contribution in [3.63, 3.8) is 0 Å². The van der Waals surface area contributed by atoms with Crippen LogP contribution in [0.2, 0.25) is 0 Å². The number of nitrogens with one attached hydrogen (secondary N) is 1. The third-order valence-electron chi connectivity index (χ3n) is 3.79. The Labute approximate surface area is 116 Å². The van der Waals surface area contributed by atoms with E-state index in [2.05, 4.69) is 5.32 Å². The van der Waals surface area contributed by atoms with Gasteiger partial charge in [-0.2, -0.15) is 8.78 Å². The summed E-state index contributed by atoms with van der Waals surface area (Å²) in [6, 6.07) is 3.38. The first kappa shape index (κ1) is 15.3. The summed E-state index contributed by atoms with van der Waals surface area (Å²) in [5.74, 6) is -4.07. The molecule has 5 heteroatoms. The molecule has 1 aliphatic rings. The summed E-state index contributed by atoms with van der Waals surface area (Å²) >= 11 is 0. The van der Waals surface area contributed by atoms with Crippen LogP contribution in [0, 0.1) is 0 Å². The number of hydrogen-bond donors (Lipinski definition) is 1. The molecule has 1 unspecified atom stereocenters. The Morgan fingerprint density at radius 2 is 1.80 bits per heavy atom. The van der Waals surface area contributed by atoms with Gasteiger partial charge in [-0.15, -0.1) is 0 Å². The first-order chi connectivity index (χ1) is 9.46. The molecule has 1 aromatic rings. The Hall–Kier alpha value is -1.10. The van der Waals surface area contributed by atoms with Crippen molar-refractivity contribution in [3.8, 4) is 0 Å². The van der Waals surface area contributed by atoms with Crippen molar-refractivity contribution in [2.24, 2.45) is 0 Å². The monoisotopic (exact) mass is 289 g/mol. The van der Waals surface area contributed by atoms with Gasteiger partial charge in [0.05, 0.1) is 0 Å². The highest BCUT2D eigenvalue weighted by atomic mass is 19.3. The molecule has 0 aliphatic heterocycles. The summed E-state index contributed by atoms with van der Waals surface area (Å²) in [5.41, 5.74) is 2.41. The fourth-order valence-corrected chi connectivity index (χ4v) is 2.74. The molecular formula is C15H19F4N. The summed E-state index contributed by atoms with van der Waals surface area (Å²) in [4.78, 5) is 0. The summed E-state index contributed by atoms with van der Waals surface area (Å²) in [7, 11) is 0. The predicted molar refractivity (Wildman–Crippen MR) is 70.5 cm³/mol. The van der Waals surface area contributed by atoms with E-state index < -0.39 is 18.4 Å². The molecule has 0 bridgehead atoms. The third-order valence-corrected chi connectivity index (χ3v) is 3.79. The fraction of sp³-hybridized carbons (Fsp3) is 0.600.